The Morgan fingerprint density at radius 2 is 1.81 bits per heavy atom. The zero-order chi connectivity index (χ0) is 11.4. The lowest BCUT2D eigenvalue weighted by atomic mass is 10.0. The quantitative estimate of drug-likeness (QED) is 0.774. The largest absolute Gasteiger partial charge is 0.314 e. The third-order valence-electron chi connectivity index (χ3n) is 4.30. The van der Waals surface area contributed by atoms with Gasteiger partial charge in [0.15, 0.2) is 0 Å². The maximum Gasteiger partial charge on any atom is 0.0105 e. The lowest BCUT2D eigenvalue weighted by Crippen LogP contribution is -2.42. The summed E-state index contributed by atoms with van der Waals surface area (Å²) >= 11 is 0. The summed E-state index contributed by atoms with van der Waals surface area (Å²) in [6.07, 6.45) is 6.80. The van der Waals surface area contributed by atoms with Crippen LogP contribution in [0.1, 0.15) is 32.1 Å². The van der Waals surface area contributed by atoms with E-state index in [9.17, 15) is 0 Å². The van der Waals surface area contributed by atoms with E-state index in [0.29, 0.717) is 0 Å². The van der Waals surface area contributed by atoms with Crippen LogP contribution in [0.5, 0.6) is 0 Å². The van der Waals surface area contributed by atoms with Gasteiger partial charge in [0, 0.05) is 12.1 Å². The topological polar surface area (TPSA) is 18.5 Å². The minimum absolute atomic E-state index is 0.780. The average Bonchev–Trinajstić information content (AvgIpc) is 2.68. The summed E-state index contributed by atoms with van der Waals surface area (Å²) in [5, 5.41) is 3.74. The van der Waals surface area contributed by atoms with Gasteiger partial charge in [0.25, 0.3) is 0 Å². The van der Waals surface area contributed by atoms with E-state index < -0.39 is 0 Å². The number of hydrogen-bond acceptors (Lipinski definition) is 3. The van der Waals surface area contributed by atoms with Crippen LogP contribution in [0.3, 0.4) is 0 Å². The van der Waals surface area contributed by atoms with Gasteiger partial charge in [-0.1, -0.05) is 0 Å². The molecular weight excluding hydrogens is 198 g/mol. The summed E-state index contributed by atoms with van der Waals surface area (Å²) in [4.78, 5) is 4.96. The highest BCUT2D eigenvalue weighted by atomic mass is 15.1. The molecule has 16 heavy (non-hydrogen) atoms. The summed E-state index contributed by atoms with van der Waals surface area (Å²) in [5.74, 6) is 0. The predicted octanol–water partition coefficient (Wildman–Crippen LogP) is 1.15. The first-order chi connectivity index (χ1) is 7.75. The molecule has 0 aromatic heterocycles. The summed E-state index contributed by atoms with van der Waals surface area (Å²) in [6.45, 7) is 5.05. The van der Waals surface area contributed by atoms with Gasteiger partial charge in [-0.2, -0.15) is 0 Å². The predicted molar refractivity (Wildman–Crippen MR) is 68.8 cm³/mol. The first-order valence-corrected chi connectivity index (χ1v) is 6.88. The minimum atomic E-state index is 0.780. The Morgan fingerprint density at radius 3 is 2.44 bits per heavy atom. The highest BCUT2D eigenvalue weighted by Crippen LogP contribution is 2.17. The first kappa shape index (κ1) is 12.3. The van der Waals surface area contributed by atoms with Gasteiger partial charge in [0.05, 0.1) is 0 Å². The van der Waals surface area contributed by atoms with Crippen molar-refractivity contribution in [3.63, 3.8) is 0 Å². The molecule has 0 radical (unpaired) electrons. The molecule has 0 spiro atoms. The van der Waals surface area contributed by atoms with E-state index in [1.54, 1.807) is 0 Å². The fourth-order valence-electron chi connectivity index (χ4n) is 3.01. The molecule has 0 aromatic carbocycles. The number of likely N-dealkylation sites (tertiary alicyclic amines) is 2. The summed E-state index contributed by atoms with van der Waals surface area (Å²) in [6, 6.07) is 1.63. The molecule has 94 valence electrons. The van der Waals surface area contributed by atoms with Crippen LogP contribution in [0.25, 0.3) is 0 Å². The fourth-order valence-corrected chi connectivity index (χ4v) is 3.01. The van der Waals surface area contributed by atoms with Crippen LogP contribution in [0.4, 0.5) is 0 Å². The Balaban J connectivity index is 1.57. The van der Waals surface area contributed by atoms with Gasteiger partial charge in [0.2, 0.25) is 0 Å². The summed E-state index contributed by atoms with van der Waals surface area (Å²) < 4.78 is 0. The zero-order valence-electron chi connectivity index (χ0n) is 10.9. The van der Waals surface area contributed by atoms with Crippen molar-refractivity contribution in [2.24, 2.45) is 0 Å². The van der Waals surface area contributed by atoms with Crippen LogP contribution in [0, 0.1) is 0 Å². The molecule has 2 heterocycles. The normalized spacial score (nSPS) is 30.0. The first-order valence-electron chi connectivity index (χ1n) is 6.88. The van der Waals surface area contributed by atoms with E-state index in [0.717, 1.165) is 12.1 Å². The van der Waals surface area contributed by atoms with E-state index in [4.69, 9.17) is 0 Å². The van der Waals surface area contributed by atoms with Gasteiger partial charge in [0.1, 0.15) is 0 Å². The average molecular weight is 225 g/mol. The number of piperidine rings is 1. The molecule has 0 aliphatic carbocycles. The zero-order valence-corrected chi connectivity index (χ0v) is 10.9. The van der Waals surface area contributed by atoms with E-state index >= 15 is 0 Å². The second-order valence-corrected chi connectivity index (χ2v) is 5.60. The van der Waals surface area contributed by atoms with Crippen LogP contribution in [0.15, 0.2) is 0 Å². The lowest BCUT2D eigenvalue weighted by Gasteiger charge is -2.30. The van der Waals surface area contributed by atoms with E-state index in [2.05, 4.69) is 29.2 Å². The van der Waals surface area contributed by atoms with Crippen molar-refractivity contribution in [1.82, 2.24) is 15.1 Å². The summed E-state index contributed by atoms with van der Waals surface area (Å²) in [5.41, 5.74) is 0. The summed E-state index contributed by atoms with van der Waals surface area (Å²) in [7, 11) is 4.50. The van der Waals surface area contributed by atoms with Gasteiger partial charge in [-0.05, 0) is 72.4 Å². The Bertz CT molecular complexity index is 199. The highest BCUT2D eigenvalue weighted by Gasteiger charge is 2.21. The van der Waals surface area contributed by atoms with Crippen molar-refractivity contribution in [1.29, 1.82) is 0 Å². The van der Waals surface area contributed by atoms with E-state index in [-0.39, 0.29) is 0 Å². The molecule has 0 amide bonds. The van der Waals surface area contributed by atoms with Crippen molar-refractivity contribution < 1.29 is 0 Å². The molecule has 0 saturated carbocycles. The third-order valence-corrected chi connectivity index (χ3v) is 4.30. The van der Waals surface area contributed by atoms with Crippen molar-refractivity contribution in [3.8, 4) is 0 Å². The number of nitrogens with one attached hydrogen (secondary N) is 1. The van der Waals surface area contributed by atoms with Crippen LogP contribution in [-0.4, -0.2) is 62.2 Å². The second kappa shape index (κ2) is 5.99. The lowest BCUT2D eigenvalue weighted by molar-refractivity contribution is 0.228. The fraction of sp³-hybridized carbons (Fsp3) is 1.00. The molecule has 2 rings (SSSR count). The molecule has 2 fully saturated rings. The molecular formula is C13H27N3. The molecule has 1 atom stereocenters. The molecule has 2 aliphatic rings. The van der Waals surface area contributed by atoms with Crippen LogP contribution in [0.2, 0.25) is 0 Å². The minimum Gasteiger partial charge on any atom is -0.314 e. The van der Waals surface area contributed by atoms with Crippen molar-refractivity contribution in [2.45, 2.75) is 44.2 Å². The Hall–Kier alpha value is -0.120. The standard InChI is InChI=1S/C13H27N3/c1-15-10-6-12(7-11-15)14-8-5-13-4-3-9-16(13)2/h12-14H,3-11H2,1-2H3/t13-/m0/s1. The molecule has 0 bridgehead atoms. The maximum atomic E-state index is 3.74. The Morgan fingerprint density at radius 1 is 1.06 bits per heavy atom. The molecule has 0 aromatic rings. The van der Waals surface area contributed by atoms with Gasteiger partial charge in [-0.25, -0.2) is 0 Å². The van der Waals surface area contributed by atoms with Gasteiger partial charge in [-0.3, -0.25) is 0 Å². The van der Waals surface area contributed by atoms with Gasteiger partial charge in [-0.15, -0.1) is 0 Å². The SMILES string of the molecule is CN1CCC(NCC[C@@H]2CCCN2C)CC1. The second-order valence-electron chi connectivity index (χ2n) is 5.60. The third kappa shape index (κ3) is 3.44. The van der Waals surface area contributed by atoms with E-state index in [1.165, 1.54) is 58.3 Å². The van der Waals surface area contributed by atoms with Crippen molar-refractivity contribution in [2.75, 3.05) is 40.3 Å². The number of hydrogen-bond donors (Lipinski definition) is 1. The van der Waals surface area contributed by atoms with Crippen LogP contribution >= 0.6 is 0 Å². The molecule has 3 heteroatoms. The van der Waals surface area contributed by atoms with Crippen LogP contribution in [-0.2, 0) is 0 Å². The number of rotatable bonds is 4. The van der Waals surface area contributed by atoms with Gasteiger partial charge >= 0.3 is 0 Å². The smallest absolute Gasteiger partial charge is 0.0105 e. The Kier molecular flexibility index (Phi) is 4.62. The monoisotopic (exact) mass is 225 g/mol. The van der Waals surface area contributed by atoms with Crippen LogP contribution < -0.4 is 5.32 Å². The molecule has 2 aliphatic heterocycles. The molecule has 3 nitrogen and oxygen atoms in total. The molecule has 0 unspecified atom stereocenters. The Labute approximate surface area is 100 Å². The maximum absolute atomic E-state index is 3.74. The van der Waals surface area contributed by atoms with Crippen molar-refractivity contribution >= 4 is 0 Å². The van der Waals surface area contributed by atoms with Gasteiger partial charge < -0.3 is 15.1 Å². The van der Waals surface area contributed by atoms with Crippen molar-refractivity contribution in [3.05, 3.63) is 0 Å². The number of nitrogens with zero attached hydrogens (tertiary/aromatic N) is 2. The molecule has 1 N–H and O–H groups in total. The highest BCUT2D eigenvalue weighted by molar-refractivity contribution is 4.79. The van der Waals surface area contributed by atoms with E-state index in [1.807, 2.05) is 0 Å². The molecule has 2 saturated heterocycles.